The van der Waals surface area contributed by atoms with Crippen LogP contribution in [0.3, 0.4) is 0 Å². The standard InChI is InChI=1S/C54H38O37/c55-15-1-10(2-16(56)27(15)62)43(72)89-47-39-38-36(87-48(76)50-7-23(61)52(78,91-51(50)49(77)88-41-20(60)8-82-54(41,51)80)53(79)40(50)26-12(45(74)86-39)4-19(59)30(65)37(26)90-53)22(84-47)9-81-44(73)11-3-17(57)28(63)32(67)24(11)25-13(46(75)85-38)6-21(31(66)33(25)68)83-35-14(42(70)71)5-18(58)29(64)34(35)69/h1-6,20,22,36,38-41,47,55-60,62-69,78-80H,7-9H2,(H,70,71)/t20-,22+,36+,38-,39-,40-,41+,47+,50+,51+,52+,53-,54+/m1/s1. The van der Waals surface area contributed by atoms with Crippen molar-refractivity contribution in [2.75, 3.05) is 13.2 Å². The van der Waals surface area contributed by atoms with Gasteiger partial charge in [0.1, 0.15) is 29.8 Å². The number of hydrogen-bond acceptors (Lipinski definition) is 36. The van der Waals surface area contributed by atoms with Gasteiger partial charge < -0.3 is 144 Å². The smallest absolute Gasteiger partial charge is 0.346 e. The minimum atomic E-state index is -4.12. The van der Waals surface area contributed by atoms with Crippen LogP contribution < -0.4 is 9.47 Å². The summed E-state index contributed by atoms with van der Waals surface area (Å²) in [4.78, 5) is 118. The van der Waals surface area contributed by atoms with E-state index in [4.69, 9.17) is 52.1 Å². The molecule has 0 amide bonds. The highest BCUT2D eigenvalue weighted by Crippen LogP contribution is 2.76. The number of Topliss-reactive ketones (excluding diaryl/α,β-unsaturated/α-hetero) is 1. The molecule has 9 aliphatic rings. The molecule has 6 fully saturated rings. The van der Waals surface area contributed by atoms with Gasteiger partial charge in [-0.25, -0.2) is 28.8 Å². The van der Waals surface area contributed by atoms with Gasteiger partial charge in [-0.1, -0.05) is 0 Å². The first kappa shape index (κ1) is 58.8. The van der Waals surface area contributed by atoms with Crippen molar-refractivity contribution in [2.45, 2.75) is 78.2 Å². The van der Waals surface area contributed by atoms with E-state index in [1.54, 1.807) is 0 Å². The van der Waals surface area contributed by atoms with E-state index < -0.39 is 281 Å². The number of phenolic OH excluding ortho intramolecular Hbond substituents is 13. The zero-order valence-electron chi connectivity index (χ0n) is 44.5. The molecule has 37 nitrogen and oxygen atoms in total. The van der Waals surface area contributed by atoms with Gasteiger partial charge in [0.25, 0.3) is 11.6 Å². The third-order valence-corrected chi connectivity index (χ3v) is 16.8. The number of carbonyl (C=O) groups excluding carboxylic acids is 7. The first-order chi connectivity index (χ1) is 42.7. The van der Waals surface area contributed by atoms with Crippen LogP contribution in [0.1, 0.15) is 69.7 Å². The van der Waals surface area contributed by atoms with E-state index in [-0.39, 0.29) is 6.07 Å². The number of aliphatic hydroxyl groups is 4. The van der Waals surface area contributed by atoms with Crippen molar-refractivity contribution in [3.63, 3.8) is 0 Å². The molecule has 6 bridgehead atoms. The molecule has 5 aromatic rings. The minimum absolute atomic E-state index is 0.223. The van der Waals surface area contributed by atoms with Gasteiger partial charge in [0.05, 0.1) is 34.8 Å². The molecule has 1 saturated carbocycles. The first-order valence-electron chi connectivity index (χ1n) is 25.9. The molecule has 2 spiro atoms. The van der Waals surface area contributed by atoms with Crippen LogP contribution in [0.5, 0.6) is 92.0 Å². The Balaban J connectivity index is 1.08. The molecule has 37 heteroatoms. The van der Waals surface area contributed by atoms with Crippen LogP contribution in [0.2, 0.25) is 0 Å². The lowest BCUT2D eigenvalue weighted by Gasteiger charge is -2.64. The lowest BCUT2D eigenvalue weighted by molar-refractivity contribution is -0.459. The maximum absolute atomic E-state index is 16.4. The van der Waals surface area contributed by atoms with Crippen LogP contribution in [0.4, 0.5) is 0 Å². The fraction of sp³-hybridized carbons (Fsp3) is 0.296. The summed E-state index contributed by atoms with van der Waals surface area (Å²) in [6.07, 6.45) is -20.5. The average Bonchev–Trinajstić information content (AvgIpc) is 1.54. The maximum atomic E-state index is 16.4. The van der Waals surface area contributed by atoms with Crippen LogP contribution in [0.25, 0.3) is 11.1 Å². The van der Waals surface area contributed by atoms with Gasteiger partial charge in [-0.2, -0.15) is 0 Å². The van der Waals surface area contributed by atoms with Gasteiger partial charge in [-0.15, -0.1) is 0 Å². The molecule has 8 aliphatic heterocycles. The Bertz CT molecular complexity index is 4230. The van der Waals surface area contributed by atoms with Gasteiger partial charge >= 0.3 is 41.8 Å². The Morgan fingerprint density at radius 2 is 1.15 bits per heavy atom. The molecule has 8 heterocycles. The fourth-order valence-corrected chi connectivity index (χ4v) is 12.7. The predicted molar refractivity (Wildman–Crippen MR) is 268 cm³/mol. The van der Waals surface area contributed by atoms with Gasteiger partial charge in [-0.3, -0.25) is 9.59 Å². The molecular formula is C54H38O37. The second-order valence-electron chi connectivity index (χ2n) is 21.6. The summed E-state index contributed by atoms with van der Waals surface area (Å²) in [5, 5.41) is 201. The Hall–Kier alpha value is -11.2. The number of aliphatic hydroxyl groups excluding tert-OH is 1. The Morgan fingerprint density at radius 1 is 0.571 bits per heavy atom. The monoisotopic (exact) mass is 1280 g/mol. The van der Waals surface area contributed by atoms with E-state index >= 15 is 14.4 Å². The Morgan fingerprint density at radius 3 is 1.82 bits per heavy atom. The van der Waals surface area contributed by atoms with Crippen molar-refractivity contribution in [3.05, 3.63) is 69.8 Å². The number of benzene rings is 5. The molecule has 5 aromatic carbocycles. The van der Waals surface area contributed by atoms with E-state index in [2.05, 4.69) is 0 Å². The van der Waals surface area contributed by atoms with E-state index in [0.717, 1.165) is 0 Å². The number of cyclic esters (lactones) is 1. The third kappa shape index (κ3) is 7.38. The Kier molecular flexibility index (Phi) is 12.2. The van der Waals surface area contributed by atoms with Crippen molar-refractivity contribution in [1.82, 2.24) is 0 Å². The molecule has 5 saturated heterocycles. The van der Waals surface area contributed by atoms with Crippen LogP contribution in [-0.2, 0) is 57.0 Å². The topological polar surface area (TPSA) is 602 Å². The van der Waals surface area contributed by atoms with Crippen molar-refractivity contribution in [3.8, 4) is 103 Å². The van der Waals surface area contributed by atoms with E-state index in [1.165, 1.54) is 0 Å². The number of phenols is 13. The molecular weight excluding hydrogens is 1240 g/mol. The van der Waals surface area contributed by atoms with Gasteiger partial charge in [0, 0.05) is 35.2 Å². The molecule has 1 aliphatic carbocycles. The SMILES string of the molecule is O=C(O[C@@H]1O[C@H]2COC(=O)c3cc(O)c(O)c(O)c3-c3c(cc(Oc4c(C(=O)O)cc(O)c(O)c4O)c(O)c3O)C(=O)O[C@@H]3[C@H]2OC(=O)[C@@]24CC(=O)[C@](O)(O[C@@]25C(=O)O[C@H]2[C@H](O)CO[C@@]25O)[C@]2(O)Oc5c(O)c(O)cc(c5[C@@H]24)C(=O)O[C@@H]13)c1cc(O)c(O)c(O)c1. The zero-order valence-corrected chi connectivity index (χ0v) is 44.5. The third-order valence-electron chi connectivity index (χ3n) is 16.8. The number of ketones is 1. The number of carboxylic acids is 1. The molecule has 18 N–H and O–H groups in total. The number of aromatic hydroxyl groups is 13. The number of carbonyl (C=O) groups is 8. The maximum Gasteiger partial charge on any atom is 0.346 e. The highest BCUT2D eigenvalue weighted by Gasteiger charge is 2.97. The van der Waals surface area contributed by atoms with Crippen LogP contribution in [0.15, 0.2) is 36.4 Å². The molecule has 91 heavy (non-hydrogen) atoms. The summed E-state index contributed by atoms with van der Waals surface area (Å²) in [6, 6.07) is 2.07. The van der Waals surface area contributed by atoms with Crippen LogP contribution >= 0.6 is 0 Å². The van der Waals surface area contributed by atoms with Crippen LogP contribution in [-0.4, -0.2) is 219 Å². The summed E-state index contributed by atoms with van der Waals surface area (Å²) < 4.78 is 62.8. The fourth-order valence-electron chi connectivity index (χ4n) is 12.7. The van der Waals surface area contributed by atoms with E-state index in [1.807, 2.05) is 0 Å². The number of esters is 6. The minimum Gasteiger partial charge on any atom is -0.504 e. The van der Waals surface area contributed by atoms with Crippen molar-refractivity contribution in [1.29, 1.82) is 0 Å². The number of aromatic carboxylic acids is 1. The van der Waals surface area contributed by atoms with Crippen molar-refractivity contribution >= 4 is 47.6 Å². The van der Waals surface area contributed by atoms with Gasteiger partial charge in [-0.05, 0) is 24.3 Å². The lowest BCUT2D eigenvalue weighted by Crippen LogP contribution is -2.88. The number of hydrogen-bond donors (Lipinski definition) is 18. The normalized spacial score (nSPS) is 31.5. The zero-order chi connectivity index (χ0) is 65.7. The summed E-state index contributed by atoms with van der Waals surface area (Å²) >= 11 is 0. The number of rotatable bonds is 5. The summed E-state index contributed by atoms with van der Waals surface area (Å²) in [5.74, 6) is -54.0. The number of ether oxygens (including phenoxy) is 11. The van der Waals surface area contributed by atoms with Crippen molar-refractivity contribution < 1.29 is 182 Å². The molecule has 13 atom stereocenters. The second-order valence-corrected chi connectivity index (χ2v) is 21.6. The largest absolute Gasteiger partial charge is 0.504 e. The molecule has 0 aromatic heterocycles. The highest BCUT2D eigenvalue weighted by atomic mass is 16.8. The number of fused-ring (bicyclic) bond motifs is 5. The highest BCUT2D eigenvalue weighted by molar-refractivity contribution is 6.09. The summed E-state index contributed by atoms with van der Waals surface area (Å²) in [5.41, 5.74) is -17.8. The lowest BCUT2D eigenvalue weighted by atomic mass is 9.47. The molecule has 0 radical (unpaired) electrons. The second kappa shape index (κ2) is 18.9. The molecule has 476 valence electrons. The van der Waals surface area contributed by atoms with Crippen molar-refractivity contribution in [2.24, 2.45) is 5.41 Å². The van der Waals surface area contributed by atoms with Gasteiger partial charge in [0.15, 0.2) is 87.3 Å². The number of carboxylic acid groups (broad SMARTS) is 1. The summed E-state index contributed by atoms with van der Waals surface area (Å²) in [7, 11) is 0. The quantitative estimate of drug-likeness (QED) is 0.0516. The van der Waals surface area contributed by atoms with E-state index in [0.29, 0.717) is 30.3 Å². The first-order valence-corrected chi connectivity index (χ1v) is 25.9. The Labute approximate surface area is 498 Å². The molecule has 0 unspecified atom stereocenters. The van der Waals surface area contributed by atoms with Crippen LogP contribution in [0, 0.1) is 5.41 Å². The van der Waals surface area contributed by atoms with Gasteiger partial charge in [0.2, 0.25) is 52.5 Å². The predicted octanol–water partition coefficient (Wildman–Crippen LogP) is -1.97. The van der Waals surface area contributed by atoms with E-state index in [9.17, 15) is 116 Å². The molecule has 14 rings (SSSR count). The summed E-state index contributed by atoms with van der Waals surface area (Å²) in [6.45, 7) is -2.61. The average molecular weight is 1280 g/mol.